The Morgan fingerprint density at radius 3 is 1.97 bits per heavy atom. The fourth-order valence-electron chi connectivity index (χ4n) is 4.75. The molecule has 1 fully saturated rings. The third kappa shape index (κ3) is 3.52. The molecule has 4 heteroatoms. The average molecular weight is 412 g/mol. The first-order chi connectivity index (χ1) is 15.1. The van der Waals surface area contributed by atoms with Gasteiger partial charge in [-0.1, -0.05) is 66.7 Å². The molecule has 0 saturated carbocycles. The molecule has 3 aromatic rings. The molecular formula is C27H25NO3. The first kappa shape index (κ1) is 19.6. The summed E-state index contributed by atoms with van der Waals surface area (Å²) < 4.78 is 6.06. The Morgan fingerprint density at radius 1 is 0.806 bits per heavy atom. The van der Waals surface area contributed by atoms with Crippen molar-refractivity contribution in [1.82, 2.24) is 4.90 Å². The standard InChI is InChI=1S/C27H25NO3/c1-18-8-2-3-9-20(18)26(29)28-16-14-19(15-17-28)27(30)31-25-23-12-6-4-10-21(23)22-11-5-7-13-24(22)25/h2-13,19,25H,14-17H2,1H3. The molecule has 0 atom stereocenters. The van der Waals surface area contributed by atoms with Gasteiger partial charge < -0.3 is 9.64 Å². The third-order valence-corrected chi connectivity index (χ3v) is 6.50. The Bertz CT molecular complexity index is 1100. The summed E-state index contributed by atoms with van der Waals surface area (Å²) in [6.45, 7) is 3.10. The van der Waals surface area contributed by atoms with E-state index in [1.165, 1.54) is 0 Å². The predicted octanol–water partition coefficient (Wildman–Crippen LogP) is 5.16. The van der Waals surface area contributed by atoms with Gasteiger partial charge in [0.15, 0.2) is 6.10 Å². The SMILES string of the molecule is Cc1ccccc1C(=O)N1CCC(C(=O)OC2c3ccccc3-c3ccccc32)CC1. The Hall–Kier alpha value is -3.40. The number of ether oxygens (including phenoxy) is 1. The monoisotopic (exact) mass is 411 g/mol. The molecule has 0 N–H and O–H groups in total. The summed E-state index contributed by atoms with van der Waals surface area (Å²) in [7, 11) is 0. The zero-order valence-electron chi connectivity index (χ0n) is 17.6. The van der Waals surface area contributed by atoms with Crippen molar-refractivity contribution in [3.63, 3.8) is 0 Å². The first-order valence-corrected chi connectivity index (χ1v) is 10.9. The second-order valence-corrected chi connectivity index (χ2v) is 8.37. The van der Waals surface area contributed by atoms with Crippen LogP contribution in [-0.4, -0.2) is 29.9 Å². The summed E-state index contributed by atoms with van der Waals surface area (Å²) in [4.78, 5) is 27.8. The molecule has 0 unspecified atom stereocenters. The zero-order valence-corrected chi connectivity index (χ0v) is 17.6. The number of rotatable bonds is 3. The van der Waals surface area contributed by atoms with Gasteiger partial charge in [0.05, 0.1) is 5.92 Å². The lowest BCUT2D eigenvalue weighted by atomic mass is 9.95. The van der Waals surface area contributed by atoms with Gasteiger partial charge in [0, 0.05) is 29.8 Å². The molecule has 1 saturated heterocycles. The highest BCUT2D eigenvalue weighted by atomic mass is 16.5. The van der Waals surface area contributed by atoms with Crippen molar-refractivity contribution >= 4 is 11.9 Å². The van der Waals surface area contributed by atoms with E-state index in [2.05, 4.69) is 12.1 Å². The van der Waals surface area contributed by atoms with Crippen LogP contribution in [0.1, 0.15) is 46.0 Å². The molecule has 2 aliphatic rings. The smallest absolute Gasteiger partial charge is 0.310 e. The second-order valence-electron chi connectivity index (χ2n) is 8.37. The summed E-state index contributed by atoms with van der Waals surface area (Å²) in [6, 6.07) is 23.9. The highest BCUT2D eigenvalue weighted by molar-refractivity contribution is 5.95. The van der Waals surface area contributed by atoms with E-state index >= 15 is 0 Å². The van der Waals surface area contributed by atoms with E-state index in [1.807, 2.05) is 72.5 Å². The molecule has 0 aromatic heterocycles. The van der Waals surface area contributed by atoms with Crippen LogP contribution in [0.5, 0.6) is 0 Å². The number of likely N-dealkylation sites (tertiary alicyclic amines) is 1. The number of esters is 1. The van der Waals surface area contributed by atoms with E-state index in [4.69, 9.17) is 4.74 Å². The average Bonchev–Trinajstić information content (AvgIpc) is 3.13. The van der Waals surface area contributed by atoms with E-state index in [1.54, 1.807) is 0 Å². The molecule has 0 radical (unpaired) electrons. The largest absolute Gasteiger partial charge is 0.452 e. The minimum Gasteiger partial charge on any atom is -0.452 e. The van der Waals surface area contributed by atoms with E-state index in [0.29, 0.717) is 25.9 Å². The maximum Gasteiger partial charge on any atom is 0.310 e. The number of piperidine rings is 1. The van der Waals surface area contributed by atoms with E-state index in [0.717, 1.165) is 33.4 Å². The van der Waals surface area contributed by atoms with E-state index in [9.17, 15) is 9.59 Å². The quantitative estimate of drug-likeness (QED) is 0.559. The van der Waals surface area contributed by atoms with Gasteiger partial charge in [-0.3, -0.25) is 9.59 Å². The number of aryl methyl sites for hydroxylation is 1. The van der Waals surface area contributed by atoms with Gasteiger partial charge in [-0.15, -0.1) is 0 Å². The van der Waals surface area contributed by atoms with Crippen LogP contribution in [-0.2, 0) is 9.53 Å². The number of hydrogen-bond acceptors (Lipinski definition) is 3. The van der Waals surface area contributed by atoms with Crippen LogP contribution in [0.15, 0.2) is 72.8 Å². The van der Waals surface area contributed by atoms with Crippen LogP contribution in [0.25, 0.3) is 11.1 Å². The molecule has 31 heavy (non-hydrogen) atoms. The summed E-state index contributed by atoms with van der Waals surface area (Å²) in [5.41, 5.74) is 6.08. The minimum atomic E-state index is -0.355. The molecule has 0 spiro atoms. The lowest BCUT2D eigenvalue weighted by molar-refractivity contribution is -0.153. The summed E-state index contributed by atoms with van der Waals surface area (Å²) in [6.07, 6.45) is 0.908. The highest BCUT2D eigenvalue weighted by Gasteiger charge is 2.35. The van der Waals surface area contributed by atoms with Gasteiger partial charge in [-0.25, -0.2) is 0 Å². The fourth-order valence-corrected chi connectivity index (χ4v) is 4.75. The number of nitrogens with zero attached hydrogens (tertiary/aromatic N) is 1. The van der Waals surface area contributed by atoms with Gasteiger partial charge in [-0.2, -0.15) is 0 Å². The lowest BCUT2D eigenvalue weighted by Gasteiger charge is -2.32. The number of fused-ring (bicyclic) bond motifs is 3. The summed E-state index contributed by atoms with van der Waals surface area (Å²) in [5, 5.41) is 0. The fraction of sp³-hybridized carbons (Fsp3) is 0.259. The molecular weight excluding hydrogens is 386 g/mol. The second kappa shape index (κ2) is 8.03. The van der Waals surface area contributed by atoms with Crippen LogP contribution < -0.4 is 0 Å². The molecule has 3 aromatic carbocycles. The number of benzene rings is 3. The highest BCUT2D eigenvalue weighted by Crippen LogP contribution is 2.45. The maximum absolute atomic E-state index is 13.0. The van der Waals surface area contributed by atoms with E-state index < -0.39 is 0 Å². The van der Waals surface area contributed by atoms with Crippen LogP contribution in [0, 0.1) is 12.8 Å². The molecule has 4 nitrogen and oxygen atoms in total. The van der Waals surface area contributed by atoms with Gasteiger partial charge in [0.2, 0.25) is 0 Å². The van der Waals surface area contributed by atoms with Crippen molar-refractivity contribution in [3.8, 4) is 11.1 Å². The van der Waals surface area contributed by atoms with Crippen molar-refractivity contribution < 1.29 is 14.3 Å². The first-order valence-electron chi connectivity index (χ1n) is 10.9. The van der Waals surface area contributed by atoms with Crippen LogP contribution >= 0.6 is 0 Å². The Balaban J connectivity index is 1.27. The molecule has 1 heterocycles. The van der Waals surface area contributed by atoms with E-state index in [-0.39, 0.29) is 23.9 Å². The number of amides is 1. The topological polar surface area (TPSA) is 46.6 Å². The predicted molar refractivity (Wildman–Crippen MR) is 120 cm³/mol. The normalized spacial score (nSPS) is 16.0. The van der Waals surface area contributed by atoms with Gasteiger partial charge in [0.1, 0.15) is 0 Å². The summed E-state index contributed by atoms with van der Waals surface area (Å²) in [5.74, 6) is -0.302. The van der Waals surface area contributed by atoms with Gasteiger partial charge in [-0.05, 0) is 42.5 Å². The van der Waals surface area contributed by atoms with Crippen molar-refractivity contribution in [2.75, 3.05) is 13.1 Å². The Labute approximate surface area is 182 Å². The van der Waals surface area contributed by atoms with Crippen LogP contribution in [0.2, 0.25) is 0 Å². The van der Waals surface area contributed by atoms with Crippen LogP contribution in [0.4, 0.5) is 0 Å². The molecule has 1 aliphatic heterocycles. The molecule has 5 rings (SSSR count). The van der Waals surface area contributed by atoms with Gasteiger partial charge in [0.25, 0.3) is 5.91 Å². The Morgan fingerprint density at radius 2 is 1.35 bits per heavy atom. The number of carbonyl (C=O) groups is 2. The number of hydrogen-bond donors (Lipinski definition) is 0. The lowest BCUT2D eigenvalue weighted by Crippen LogP contribution is -2.41. The summed E-state index contributed by atoms with van der Waals surface area (Å²) >= 11 is 0. The molecule has 156 valence electrons. The van der Waals surface area contributed by atoms with Crippen molar-refractivity contribution in [3.05, 3.63) is 95.1 Å². The molecule has 0 bridgehead atoms. The molecule has 1 amide bonds. The molecule has 1 aliphatic carbocycles. The Kier molecular flexibility index (Phi) is 5.06. The van der Waals surface area contributed by atoms with Gasteiger partial charge >= 0.3 is 5.97 Å². The number of carbonyl (C=O) groups excluding carboxylic acids is 2. The zero-order chi connectivity index (χ0) is 21.4. The minimum absolute atomic E-state index is 0.0450. The third-order valence-electron chi connectivity index (χ3n) is 6.50. The van der Waals surface area contributed by atoms with Crippen molar-refractivity contribution in [2.45, 2.75) is 25.9 Å². The maximum atomic E-state index is 13.0. The van der Waals surface area contributed by atoms with Crippen molar-refractivity contribution in [1.29, 1.82) is 0 Å². The van der Waals surface area contributed by atoms with Crippen molar-refractivity contribution in [2.24, 2.45) is 5.92 Å². The van der Waals surface area contributed by atoms with Crippen LogP contribution in [0.3, 0.4) is 0 Å².